The molecular weight excluding hydrogens is 308 g/mol. The highest BCUT2D eigenvalue weighted by atomic mass is 32.1. The standard InChI is InChI=1S/C17H16N4OS/c1-9-10(2)22-17-14(9)16-19-15(20-21(16)8-18-17)12-7-23-13-6-4-3-5-11(12)13/h7-8H,3-6H2,1-2H3. The fourth-order valence-electron chi connectivity index (χ4n) is 3.44. The fraction of sp³-hybridized carbons (Fsp3) is 0.353. The molecule has 4 aromatic heterocycles. The van der Waals surface area contributed by atoms with Crippen LogP contribution >= 0.6 is 11.3 Å². The average molecular weight is 324 g/mol. The molecule has 0 N–H and O–H groups in total. The molecule has 0 aromatic carbocycles. The maximum atomic E-state index is 5.71. The summed E-state index contributed by atoms with van der Waals surface area (Å²) in [4.78, 5) is 10.7. The molecular formula is C17H16N4OS. The zero-order valence-electron chi connectivity index (χ0n) is 13.1. The monoisotopic (exact) mass is 324 g/mol. The topological polar surface area (TPSA) is 56.2 Å². The van der Waals surface area contributed by atoms with Gasteiger partial charge >= 0.3 is 0 Å². The molecule has 4 aromatic rings. The Balaban J connectivity index is 1.77. The van der Waals surface area contributed by atoms with Gasteiger partial charge in [-0.2, -0.15) is 0 Å². The highest BCUT2D eigenvalue weighted by Gasteiger charge is 2.21. The van der Waals surface area contributed by atoms with Crippen LogP contribution in [0, 0.1) is 13.8 Å². The van der Waals surface area contributed by atoms with E-state index in [1.807, 2.05) is 25.2 Å². The molecule has 116 valence electrons. The molecule has 4 heterocycles. The second-order valence-electron chi connectivity index (χ2n) is 6.17. The van der Waals surface area contributed by atoms with E-state index in [4.69, 9.17) is 9.40 Å². The van der Waals surface area contributed by atoms with Crippen LogP contribution in [0.5, 0.6) is 0 Å². The molecule has 0 radical (unpaired) electrons. The Morgan fingerprint density at radius 2 is 2.09 bits per heavy atom. The molecule has 0 saturated heterocycles. The Hall–Kier alpha value is -2.21. The number of fused-ring (bicyclic) bond motifs is 4. The van der Waals surface area contributed by atoms with Crippen molar-refractivity contribution >= 4 is 28.1 Å². The first-order valence-electron chi connectivity index (χ1n) is 7.93. The highest BCUT2D eigenvalue weighted by molar-refractivity contribution is 7.10. The van der Waals surface area contributed by atoms with Gasteiger partial charge in [0.1, 0.15) is 12.1 Å². The number of furan rings is 1. The Bertz CT molecular complexity index is 1060. The van der Waals surface area contributed by atoms with E-state index in [0.29, 0.717) is 5.71 Å². The van der Waals surface area contributed by atoms with Gasteiger partial charge in [-0.3, -0.25) is 0 Å². The molecule has 0 amide bonds. The van der Waals surface area contributed by atoms with Crippen molar-refractivity contribution in [2.24, 2.45) is 0 Å². The zero-order valence-corrected chi connectivity index (χ0v) is 13.9. The first-order valence-corrected chi connectivity index (χ1v) is 8.81. The van der Waals surface area contributed by atoms with Gasteiger partial charge in [0, 0.05) is 21.4 Å². The molecule has 6 heteroatoms. The van der Waals surface area contributed by atoms with E-state index < -0.39 is 0 Å². The Morgan fingerprint density at radius 3 is 3.00 bits per heavy atom. The minimum atomic E-state index is 0.638. The van der Waals surface area contributed by atoms with E-state index in [9.17, 15) is 0 Å². The van der Waals surface area contributed by atoms with Crippen molar-refractivity contribution in [3.8, 4) is 11.4 Å². The molecule has 1 aliphatic rings. The molecule has 23 heavy (non-hydrogen) atoms. The molecule has 0 atom stereocenters. The van der Waals surface area contributed by atoms with Crippen molar-refractivity contribution < 1.29 is 4.42 Å². The minimum absolute atomic E-state index is 0.638. The molecule has 0 bridgehead atoms. The summed E-state index contributed by atoms with van der Waals surface area (Å²) < 4.78 is 7.48. The lowest BCUT2D eigenvalue weighted by molar-refractivity contribution is 0.563. The first kappa shape index (κ1) is 13.2. The first-order chi connectivity index (χ1) is 11.2. The van der Waals surface area contributed by atoms with Gasteiger partial charge in [0.15, 0.2) is 11.5 Å². The minimum Gasteiger partial charge on any atom is -0.443 e. The van der Waals surface area contributed by atoms with Crippen LogP contribution in [0.15, 0.2) is 16.1 Å². The van der Waals surface area contributed by atoms with Crippen molar-refractivity contribution in [1.82, 2.24) is 19.6 Å². The maximum absolute atomic E-state index is 5.71. The van der Waals surface area contributed by atoms with Gasteiger partial charge in [-0.05, 0) is 45.1 Å². The van der Waals surface area contributed by atoms with E-state index in [-0.39, 0.29) is 0 Å². The molecule has 0 aliphatic heterocycles. The van der Waals surface area contributed by atoms with Gasteiger partial charge in [0.2, 0.25) is 5.71 Å². The van der Waals surface area contributed by atoms with Gasteiger partial charge in [0.05, 0.1) is 5.39 Å². The summed E-state index contributed by atoms with van der Waals surface area (Å²) in [5.74, 6) is 1.69. The number of rotatable bonds is 1. The second kappa shape index (κ2) is 4.64. The summed E-state index contributed by atoms with van der Waals surface area (Å²) in [7, 11) is 0. The predicted octanol–water partition coefficient (Wildman–Crippen LogP) is 4.09. The molecule has 1 aliphatic carbocycles. The highest BCUT2D eigenvalue weighted by Crippen LogP contribution is 2.36. The second-order valence-corrected chi connectivity index (χ2v) is 7.13. The molecule has 0 spiro atoms. The lowest BCUT2D eigenvalue weighted by atomic mass is 9.96. The van der Waals surface area contributed by atoms with Crippen molar-refractivity contribution in [2.75, 3.05) is 0 Å². The summed E-state index contributed by atoms with van der Waals surface area (Å²) in [6, 6.07) is 0. The van der Waals surface area contributed by atoms with Gasteiger partial charge in [-0.1, -0.05) is 0 Å². The summed E-state index contributed by atoms with van der Waals surface area (Å²) in [6.45, 7) is 4.00. The van der Waals surface area contributed by atoms with Gasteiger partial charge < -0.3 is 4.42 Å². The average Bonchev–Trinajstić information content (AvgIpc) is 3.23. The molecule has 0 saturated carbocycles. The van der Waals surface area contributed by atoms with E-state index in [0.717, 1.165) is 34.6 Å². The number of nitrogens with zero attached hydrogens (tertiary/aromatic N) is 4. The van der Waals surface area contributed by atoms with Crippen LogP contribution in [-0.4, -0.2) is 19.6 Å². The zero-order chi connectivity index (χ0) is 15.6. The van der Waals surface area contributed by atoms with Crippen LogP contribution < -0.4 is 0 Å². The molecule has 0 unspecified atom stereocenters. The van der Waals surface area contributed by atoms with E-state index >= 15 is 0 Å². The third-order valence-electron chi connectivity index (χ3n) is 4.81. The third kappa shape index (κ3) is 1.81. The summed E-state index contributed by atoms with van der Waals surface area (Å²) in [5, 5.41) is 7.85. The Kier molecular flexibility index (Phi) is 2.68. The smallest absolute Gasteiger partial charge is 0.231 e. The van der Waals surface area contributed by atoms with Crippen LogP contribution in [0.4, 0.5) is 0 Å². The van der Waals surface area contributed by atoms with E-state index in [2.05, 4.69) is 15.5 Å². The lowest BCUT2D eigenvalue weighted by Crippen LogP contribution is -1.99. The SMILES string of the molecule is Cc1oc2ncn3nc(-c4csc5c4CCCC5)nc3c2c1C. The maximum Gasteiger partial charge on any atom is 0.231 e. The van der Waals surface area contributed by atoms with Gasteiger partial charge in [0.25, 0.3) is 0 Å². The number of aryl methyl sites for hydroxylation is 3. The normalized spacial score (nSPS) is 14.7. The van der Waals surface area contributed by atoms with E-state index in [1.165, 1.54) is 35.3 Å². The van der Waals surface area contributed by atoms with Gasteiger partial charge in [-0.25, -0.2) is 14.5 Å². The van der Waals surface area contributed by atoms with Crippen LogP contribution in [0.1, 0.15) is 34.6 Å². The van der Waals surface area contributed by atoms with Crippen LogP contribution in [0.2, 0.25) is 0 Å². The fourth-order valence-corrected chi connectivity index (χ4v) is 4.56. The largest absolute Gasteiger partial charge is 0.443 e. The number of aromatic nitrogens is 4. The third-order valence-corrected chi connectivity index (χ3v) is 5.90. The van der Waals surface area contributed by atoms with Gasteiger partial charge in [-0.15, -0.1) is 16.4 Å². The lowest BCUT2D eigenvalue weighted by Gasteiger charge is -2.11. The van der Waals surface area contributed by atoms with Crippen LogP contribution in [0.3, 0.4) is 0 Å². The summed E-state index contributed by atoms with van der Waals surface area (Å²) in [5.41, 5.74) is 5.19. The van der Waals surface area contributed by atoms with Crippen molar-refractivity contribution in [3.05, 3.63) is 33.5 Å². The Labute approximate surface area is 137 Å². The van der Waals surface area contributed by atoms with Crippen LogP contribution in [0.25, 0.3) is 28.1 Å². The Morgan fingerprint density at radius 1 is 1.22 bits per heavy atom. The predicted molar refractivity (Wildman–Crippen MR) is 90.0 cm³/mol. The quantitative estimate of drug-likeness (QED) is 0.529. The van der Waals surface area contributed by atoms with E-state index in [1.54, 1.807) is 10.8 Å². The van der Waals surface area contributed by atoms with Crippen LogP contribution in [-0.2, 0) is 12.8 Å². The molecule has 5 nitrogen and oxygen atoms in total. The molecule has 0 fully saturated rings. The number of thiophene rings is 1. The van der Waals surface area contributed by atoms with Crippen molar-refractivity contribution in [1.29, 1.82) is 0 Å². The van der Waals surface area contributed by atoms with Crippen molar-refractivity contribution in [3.63, 3.8) is 0 Å². The summed E-state index contributed by atoms with van der Waals surface area (Å²) >= 11 is 1.84. The molecule has 5 rings (SSSR count). The van der Waals surface area contributed by atoms with Crippen molar-refractivity contribution in [2.45, 2.75) is 39.5 Å². The summed E-state index contributed by atoms with van der Waals surface area (Å²) in [6.07, 6.45) is 6.58. The number of hydrogen-bond donors (Lipinski definition) is 0. The number of hydrogen-bond acceptors (Lipinski definition) is 5.